The maximum Gasteiger partial charge on any atom is 0.266 e. The molecule has 0 aliphatic carbocycles. The van der Waals surface area contributed by atoms with Gasteiger partial charge in [-0.25, -0.2) is 8.42 Å². The quantitative estimate of drug-likeness (QED) is 0.804. The number of fused-ring (bicyclic) bond motifs is 1. The Kier molecular flexibility index (Phi) is 3.41. The molecule has 8 heteroatoms. The number of carbonyl (C=O) groups excluding carboxylic acids is 1. The highest BCUT2D eigenvalue weighted by atomic mass is 32.2. The SMILES string of the molecule is CC1(C)CN(C(=O)c2ccc3[nH]c(=S)oc3c2)CCS1(=O)=O. The minimum Gasteiger partial charge on any atom is -0.429 e. The molecule has 1 saturated heterocycles. The summed E-state index contributed by atoms with van der Waals surface area (Å²) in [5.74, 6) is -0.217. The fourth-order valence-corrected chi connectivity index (χ4v) is 4.14. The van der Waals surface area contributed by atoms with Crippen molar-refractivity contribution in [1.29, 1.82) is 0 Å². The number of oxazole rings is 1. The number of hydrogen-bond donors (Lipinski definition) is 1. The number of rotatable bonds is 1. The van der Waals surface area contributed by atoms with Crippen LogP contribution in [0.1, 0.15) is 24.2 Å². The van der Waals surface area contributed by atoms with Crippen LogP contribution in [0, 0.1) is 4.84 Å². The first-order chi connectivity index (χ1) is 10.2. The molecular formula is C14H16N2O4S2. The van der Waals surface area contributed by atoms with Crippen molar-refractivity contribution in [2.75, 3.05) is 18.8 Å². The second-order valence-corrected chi connectivity index (χ2v) is 9.14. The zero-order chi connectivity index (χ0) is 16.1. The molecule has 0 unspecified atom stereocenters. The molecule has 1 N–H and O–H groups in total. The van der Waals surface area contributed by atoms with E-state index in [0.717, 1.165) is 5.52 Å². The van der Waals surface area contributed by atoms with Gasteiger partial charge in [-0.05, 0) is 44.3 Å². The fraction of sp³-hybridized carbons (Fsp3) is 0.429. The third kappa shape index (κ3) is 2.46. The number of sulfone groups is 1. The summed E-state index contributed by atoms with van der Waals surface area (Å²) in [7, 11) is -3.17. The van der Waals surface area contributed by atoms with Crippen molar-refractivity contribution in [3.8, 4) is 0 Å². The van der Waals surface area contributed by atoms with Crippen LogP contribution in [0.3, 0.4) is 0 Å². The van der Waals surface area contributed by atoms with Gasteiger partial charge in [-0.3, -0.25) is 4.79 Å². The Hall–Kier alpha value is -1.67. The Balaban J connectivity index is 1.91. The Labute approximate surface area is 133 Å². The number of aromatic amines is 1. The largest absolute Gasteiger partial charge is 0.429 e. The van der Waals surface area contributed by atoms with Crippen molar-refractivity contribution in [3.63, 3.8) is 0 Å². The molecule has 0 bridgehead atoms. The van der Waals surface area contributed by atoms with Crippen molar-refractivity contribution in [2.45, 2.75) is 18.6 Å². The maximum atomic E-state index is 12.6. The average Bonchev–Trinajstić information content (AvgIpc) is 2.80. The molecule has 1 fully saturated rings. The Morgan fingerprint density at radius 2 is 2.14 bits per heavy atom. The van der Waals surface area contributed by atoms with Crippen LogP contribution in [0.2, 0.25) is 0 Å². The third-order valence-corrected chi connectivity index (χ3v) is 6.72. The highest BCUT2D eigenvalue weighted by molar-refractivity contribution is 7.92. The van der Waals surface area contributed by atoms with Crippen LogP contribution in [0.5, 0.6) is 0 Å². The summed E-state index contributed by atoms with van der Waals surface area (Å²) in [6.07, 6.45) is 0. The van der Waals surface area contributed by atoms with E-state index in [-0.39, 0.29) is 29.6 Å². The third-order valence-electron chi connectivity index (χ3n) is 4.00. The summed E-state index contributed by atoms with van der Waals surface area (Å²) < 4.78 is 28.4. The Bertz CT molecular complexity index is 908. The average molecular weight is 340 g/mol. The number of nitrogens with zero attached hydrogens (tertiary/aromatic N) is 1. The van der Waals surface area contributed by atoms with E-state index in [2.05, 4.69) is 4.98 Å². The zero-order valence-corrected chi connectivity index (χ0v) is 13.9. The molecule has 1 aliphatic rings. The van der Waals surface area contributed by atoms with Gasteiger partial charge in [0, 0.05) is 18.7 Å². The first-order valence-corrected chi connectivity index (χ1v) is 8.90. The standard InChI is InChI=1S/C14H16N2O4S2/c1-14(2)8-16(5-6-22(14,18)19)12(17)9-3-4-10-11(7-9)20-13(21)15-10/h3-4,7H,5-6,8H2,1-2H3,(H,15,21). The van der Waals surface area contributed by atoms with Gasteiger partial charge in [0.25, 0.3) is 10.7 Å². The minimum atomic E-state index is -3.17. The van der Waals surface area contributed by atoms with Gasteiger partial charge in [-0.1, -0.05) is 0 Å². The predicted octanol–water partition coefficient (Wildman–Crippen LogP) is 2.14. The smallest absolute Gasteiger partial charge is 0.266 e. The minimum absolute atomic E-state index is 0.0151. The van der Waals surface area contributed by atoms with Crippen molar-refractivity contribution < 1.29 is 17.6 Å². The molecule has 2 heterocycles. The lowest BCUT2D eigenvalue weighted by atomic mass is 10.1. The van der Waals surface area contributed by atoms with Crippen LogP contribution in [-0.4, -0.2) is 47.8 Å². The van der Waals surface area contributed by atoms with Gasteiger partial charge in [0.15, 0.2) is 15.4 Å². The van der Waals surface area contributed by atoms with Crippen LogP contribution >= 0.6 is 12.2 Å². The summed E-state index contributed by atoms with van der Waals surface area (Å²) in [6.45, 7) is 3.69. The van der Waals surface area contributed by atoms with E-state index in [1.54, 1.807) is 36.9 Å². The second-order valence-electron chi connectivity index (χ2n) is 6.03. The molecule has 6 nitrogen and oxygen atoms in total. The fourth-order valence-electron chi connectivity index (χ4n) is 2.58. The van der Waals surface area contributed by atoms with E-state index in [1.165, 1.54) is 0 Å². The topological polar surface area (TPSA) is 83.4 Å². The van der Waals surface area contributed by atoms with E-state index in [0.29, 0.717) is 11.1 Å². The van der Waals surface area contributed by atoms with Gasteiger partial charge in [-0.15, -0.1) is 0 Å². The summed E-state index contributed by atoms with van der Waals surface area (Å²) in [4.78, 5) is 17.3. The molecule has 0 spiro atoms. The number of nitrogens with one attached hydrogen (secondary N) is 1. The number of hydrogen-bond acceptors (Lipinski definition) is 5. The van der Waals surface area contributed by atoms with Crippen LogP contribution in [0.15, 0.2) is 22.6 Å². The van der Waals surface area contributed by atoms with E-state index < -0.39 is 14.6 Å². The molecule has 1 amide bonds. The molecule has 0 atom stereocenters. The van der Waals surface area contributed by atoms with E-state index in [1.807, 2.05) is 0 Å². The van der Waals surface area contributed by atoms with Gasteiger partial charge < -0.3 is 14.3 Å². The molecule has 1 aliphatic heterocycles. The van der Waals surface area contributed by atoms with Gasteiger partial charge in [-0.2, -0.15) is 0 Å². The zero-order valence-electron chi connectivity index (χ0n) is 12.3. The monoisotopic (exact) mass is 340 g/mol. The molecule has 2 aromatic rings. The summed E-state index contributed by atoms with van der Waals surface area (Å²) in [5, 5.41) is 0. The van der Waals surface area contributed by atoms with Crippen LogP contribution in [0.25, 0.3) is 11.1 Å². The molecule has 3 rings (SSSR count). The molecule has 0 radical (unpaired) electrons. The second kappa shape index (κ2) is 4.92. The van der Waals surface area contributed by atoms with Crippen molar-refractivity contribution in [1.82, 2.24) is 9.88 Å². The van der Waals surface area contributed by atoms with E-state index in [9.17, 15) is 13.2 Å². The van der Waals surface area contributed by atoms with Crippen LogP contribution < -0.4 is 0 Å². The maximum absolute atomic E-state index is 12.6. The van der Waals surface area contributed by atoms with Crippen molar-refractivity contribution in [3.05, 3.63) is 28.6 Å². The summed E-state index contributed by atoms with van der Waals surface area (Å²) in [5.41, 5.74) is 1.70. The molecule has 1 aromatic heterocycles. The van der Waals surface area contributed by atoms with E-state index >= 15 is 0 Å². The molecule has 118 valence electrons. The molecule has 0 saturated carbocycles. The number of carbonyl (C=O) groups is 1. The predicted molar refractivity (Wildman–Crippen MR) is 85.2 cm³/mol. The lowest BCUT2D eigenvalue weighted by molar-refractivity contribution is 0.0743. The van der Waals surface area contributed by atoms with Gasteiger partial charge in [0.05, 0.1) is 16.0 Å². The Morgan fingerprint density at radius 1 is 1.41 bits per heavy atom. The summed E-state index contributed by atoms with van der Waals surface area (Å²) in [6, 6.07) is 5.04. The number of benzene rings is 1. The van der Waals surface area contributed by atoms with Gasteiger partial charge >= 0.3 is 0 Å². The number of aromatic nitrogens is 1. The lowest BCUT2D eigenvalue weighted by Gasteiger charge is -2.37. The number of amides is 1. The highest BCUT2D eigenvalue weighted by Crippen LogP contribution is 2.25. The van der Waals surface area contributed by atoms with Gasteiger partial charge in [0.1, 0.15) is 0 Å². The van der Waals surface area contributed by atoms with Crippen LogP contribution in [0.4, 0.5) is 0 Å². The number of H-pyrrole nitrogens is 1. The first kappa shape index (κ1) is 15.2. The van der Waals surface area contributed by atoms with Crippen LogP contribution in [-0.2, 0) is 9.84 Å². The normalized spacial score (nSPS) is 20.2. The highest BCUT2D eigenvalue weighted by Gasteiger charge is 2.41. The molecule has 22 heavy (non-hydrogen) atoms. The molecular weight excluding hydrogens is 324 g/mol. The Morgan fingerprint density at radius 3 is 2.82 bits per heavy atom. The van der Waals surface area contributed by atoms with Crippen molar-refractivity contribution >= 4 is 39.1 Å². The lowest BCUT2D eigenvalue weighted by Crippen LogP contribution is -2.54. The van der Waals surface area contributed by atoms with Crippen molar-refractivity contribution in [2.24, 2.45) is 0 Å². The summed E-state index contributed by atoms with van der Waals surface area (Å²) >= 11 is 4.92. The molecule has 1 aromatic carbocycles. The first-order valence-electron chi connectivity index (χ1n) is 6.84. The van der Waals surface area contributed by atoms with Gasteiger partial charge in [0.2, 0.25) is 0 Å². The van der Waals surface area contributed by atoms with E-state index in [4.69, 9.17) is 16.6 Å².